The Hall–Kier alpha value is -3.05. The average molecular weight is 577 g/mol. The van der Waals surface area contributed by atoms with Crippen molar-refractivity contribution in [2.24, 2.45) is 11.7 Å². The third-order valence-electron chi connectivity index (χ3n) is 7.31. The average Bonchev–Trinajstić information content (AvgIpc) is 3.65. The molecule has 2 atom stereocenters. The SMILES string of the molecule is COCCCOc1cc(C(=O)N(CC2CN(C(=O)OC(C)(C)C)CC2N(CC(N)=O)C2CC2)C(C)C)ccc1OC. The zero-order valence-corrected chi connectivity index (χ0v) is 25.7. The first-order chi connectivity index (χ1) is 19.3. The molecule has 2 aliphatic rings. The number of carbonyl (C=O) groups excluding carboxylic acids is 3. The van der Waals surface area contributed by atoms with Gasteiger partial charge in [-0.25, -0.2) is 4.79 Å². The molecule has 2 unspecified atom stereocenters. The molecule has 11 nitrogen and oxygen atoms in total. The van der Waals surface area contributed by atoms with Crippen molar-refractivity contribution in [3.63, 3.8) is 0 Å². The summed E-state index contributed by atoms with van der Waals surface area (Å²) in [7, 11) is 3.20. The highest BCUT2D eigenvalue weighted by Gasteiger charge is 2.46. The lowest BCUT2D eigenvalue weighted by molar-refractivity contribution is -0.120. The Morgan fingerprint density at radius 2 is 1.78 bits per heavy atom. The van der Waals surface area contributed by atoms with Crippen LogP contribution in [0, 0.1) is 5.92 Å². The number of benzene rings is 1. The van der Waals surface area contributed by atoms with E-state index < -0.39 is 17.6 Å². The summed E-state index contributed by atoms with van der Waals surface area (Å²) in [4.78, 5) is 44.6. The fourth-order valence-corrected chi connectivity index (χ4v) is 5.24. The van der Waals surface area contributed by atoms with Gasteiger partial charge in [-0.1, -0.05) is 0 Å². The number of carbonyl (C=O) groups is 3. The quantitative estimate of drug-likeness (QED) is 0.335. The van der Waals surface area contributed by atoms with Crippen LogP contribution in [0.1, 0.15) is 64.2 Å². The smallest absolute Gasteiger partial charge is 0.410 e. The Morgan fingerprint density at radius 3 is 2.34 bits per heavy atom. The molecular weight excluding hydrogens is 528 g/mol. The molecule has 1 heterocycles. The van der Waals surface area contributed by atoms with E-state index in [1.165, 1.54) is 0 Å². The summed E-state index contributed by atoms with van der Waals surface area (Å²) in [6, 6.07) is 5.19. The number of likely N-dealkylation sites (tertiary alicyclic amines) is 1. The monoisotopic (exact) mass is 576 g/mol. The molecule has 11 heteroatoms. The third-order valence-corrected chi connectivity index (χ3v) is 7.31. The van der Waals surface area contributed by atoms with Crippen LogP contribution in [0.2, 0.25) is 0 Å². The number of nitrogens with zero attached hydrogens (tertiary/aromatic N) is 3. The van der Waals surface area contributed by atoms with Gasteiger partial charge in [-0.3, -0.25) is 14.5 Å². The van der Waals surface area contributed by atoms with Crippen molar-refractivity contribution in [3.8, 4) is 11.5 Å². The molecular formula is C30H48N4O7. The van der Waals surface area contributed by atoms with Gasteiger partial charge in [0.25, 0.3) is 5.91 Å². The number of nitrogens with two attached hydrogens (primary N) is 1. The first-order valence-electron chi connectivity index (χ1n) is 14.5. The van der Waals surface area contributed by atoms with Gasteiger partial charge < -0.3 is 34.5 Å². The molecule has 3 amide bonds. The van der Waals surface area contributed by atoms with Crippen molar-refractivity contribution >= 4 is 17.9 Å². The lowest BCUT2D eigenvalue weighted by Crippen LogP contribution is -2.50. The molecule has 1 aromatic carbocycles. The largest absolute Gasteiger partial charge is 0.493 e. The van der Waals surface area contributed by atoms with Gasteiger partial charge in [-0.15, -0.1) is 0 Å². The minimum absolute atomic E-state index is 0.100. The molecule has 0 spiro atoms. The van der Waals surface area contributed by atoms with Gasteiger partial charge in [0.15, 0.2) is 11.5 Å². The summed E-state index contributed by atoms with van der Waals surface area (Å²) in [6.45, 7) is 11.8. The van der Waals surface area contributed by atoms with Crippen LogP contribution >= 0.6 is 0 Å². The molecule has 1 saturated carbocycles. The second kappa shape index (κ2) is 14.2. The Morgan fingerprint density at radius 1 is 1.07 bits per heavy atom. The number of ether oxygens (including phenoxy) is 4. The summed E-state index contributed by atoms with van der Waals surface area (Å²) in [5, 5.41) is 0. The van der Waals surface area contributed by atoms with Gasteiger partial charge in [0, 0.05) is 69.4 Å². The summed E-state index contributed by atoms with van der Waals surface area (Å²) >= 11 is 0. The van der Waals surface area contributed by atoms with E-state index in [1.54, 1.807) is 37.3 Å². The summed E-state index contributed by atoms with van der Waals surface area (Å²) in [5.74, 6) is 0.391. The maximum Gasteiger partial charge on any atom is 0.410 e. The van der Waals surface area contributed by atoms with E-state index >= 15 is 0 Å². The van der Waals surface area contributed by atoms with Crippen molar-refractivity contribution in [3.05, 3.63) is 23.8 Å². The third kappa shape index (κ3) is 9.22. The molecule has 41 heavy (non-hydrogen) atoms. The topological polar surface area (TPSA) is 124 Å². The molecule has 230 valence electrons. The van der Waals surface area contributed by atoms with Crippen LogP contribution in [0.15, 0.2) is 18.2 Å². The molecule has 0 aromatic heterocycles. The fourth-order valence-electron chi connectivity index (χ4n) is 5.24. The van der Waals surface area contributed by atoms with Crippen molar-refractivity contribution in [2.45, 2.75) is 77.6 Å². The van der Waals surface area contributed by atoms with E-state index in [2.05, 4.69) is 4.90 Å². The first kappa shape index (κ1) is 32.5. The van der Waals surface area contributed by atoms with Gasteiger partial charge in [0.05, 0.1) is 20.3 Å². The second-order valence-corrected chi connectivity index (χ2v) is 12.2. The molecule has 0 bridgehead atoms. The maximum absolute atomic E-state index is 13.9. The van der Waals surface area contributed by atoms with Gasteiger partial charge >= 0.3 is 6.09 Å². The lowest BCUT2D eigenvalue weighted by atomic mass is 9.99. The standard InChI is InChI=1S/C30H48N4O7/c1-20(2)33(28(36)21-9-12-25(39-7)26(15-21)40-14-8-13-38-6)17-22-16-32(29(37)41-30(3,4)5)18-24(22)34(19-27(31)35)23-10-11-23/h9,12,15,20,22-24H,8,10-11,13-14,16-19H2,1-7H3,(H2,31,35). The first-order valence-corrected chi connectivity index (χ1v) is 14.5. The van der Waals surface area contributed by atoms with Crippen LogP contribution in [-0.4, -0.2) is 110 Å². The normalized spacial score (nSPS) is 19.0. The number of primary amides is 1. The van der Waals surface area contributed by atoms with Gasteiger partial charge in [0.2, 0.25) is 5.91 Å². The minimum atomic E-state index is -0.633. The van der Waals surface area contributed by atoms with E-state index in [1.807, 2.05) is 39.5 Å². The summed E-state index contributed by atoms with van der Waals surface area (Å²) in [5.41, 5.74) is 5.48. The molecule has 1 aliphatic heterocycles. The van der Waals surface area contributed by atoms with E-state index in [-0.39, 0.29) is 36.5 Å². The molecule has 0 radical (unpaired) electrons. The van der Waals surface area contributed by atoms with Crippen LogP contribution < -0.4 is 15.2 Å². The van der Waals surface area contributed by atoms with Crippen molar-refractivity contribution in [1.29, 1.82) is 0 Å². The molecule has 1 aromatic rings. The summed E-state index contributed by atoms with van der Waals surface area (Å²) in [6.07, 6.45) is 2.27. The van der Waals surface area contributed by atoms with Crippen LogP contribution in [0.3, 0.4) is 0 Å². The predicted octanol–water partition coefficient (Wildman–Crippen LogP) is 3.15. The molecule has 2 fully saturated rings. The van der Waals surface area contributed by atoms with E-state index in [0.29, 0.717) is 56.3 Å². The number of rotatable bonds is 14. The molecule has 3 rings (SSSR count). The Bertz CT molecular complexity index is 1050. The number of hydrogen-bond donors (Lipinski definition) is 1. The van der Waals surface area contributed by atoms with Crippen molar-refractivity contribution < 1.29 is 33.3 Å². The number of hydrogen-bond acceptors (Lipinski definition) is 8. The highest BCUT2D eigenvalue weighted by Crippen LogP contribution is 2.35. The number of methoxy groups -OCH3 is 2. The predicted molar refractivity (Wildman–Crippen MR) is 155 cm³/mol. The van der Waals surface area contributed by atoms with Gasteiger partial charge in [-0.2, -0.15) is 0 Å². The highest BCUT2D eigenvalue weighted by molar-refractivity contribution is 5.95. The van der Waals surface area contributed by atoms with Crippen LogP contribution in [-0.2, 0) is 14.3 Å². The van der Waals surface area contributed by atoms with Gasteiger partial charge in [0.1, 0.15) is 5.60 Å². The zero-order chi connectivity index (χ0) is 30.3. The van der Waals surface area contributed by atoms with Gasteiger partial charge in [-0.05, 0) is 65.7 Å². The maximum atomic E-state index is 13.9. The lowest BCUT2D eigenvalue weighted by Gasteiger charge is -2.35. The zero-order valence-electron chi connectivity index (χ0n) is 25.7. The van der Waals surface area contributed by atoms with E-state index in [9.17, 15) is 14.4 Å². The summed E-state index contributed by atoms with van der Waals surface area (Å²) < 4.78 is 22.1. The van der Waals surface area contributed by atoms with Crippen LogP contribution in [0.5, 0.6) is 11.5 Å². The van der Waals surface area contributed by atoms with Crippen molar-refractivity contribution in [1.82, 2.24) is 14.7 Å². The second-order valence-electron chi connectivity index (χ2n) is 12.2. The Labute approximate surface area is 244 Å². The Kier molecular flexibility index (Phi) is 11.3. The number of amides is 3. The minimum Gasteiger partial charge on any atom is -0.493 e. The fraction of sp³-hybridized carbons (Fsp3) is 0.700. The highest BCUT2D eigenvalue weighted by atomic mass is 16.6. The molecule has 2 N–H and O–H groups in total. The molecule has 1 aliphatic carbocycles. The van der Waals surface area contributed by atoms with Crippen LogP contribution in [0.4, 0.5) is 4.79 Å². The van der Waals surface area contributed by atoms with Crippen molar-refractivity contribution in [2.75, 3.05) is 53.6 Å². The Balaban J connectivity index is 1.85. The van der Waals surface area contributed by atoms with E-state index in [4.69, 9.17) is 24.7 Å². The van der Waals surface area contributed by atoms with Crippen LogP contribution in [0.25, 0.3) is 0 Å². The molecule has 1 saturated heterocycles. The van der Waals surface area contributed by atoms with E-state index in [0.717, 1.165) is 12.8 Å².